The normalized spacial score (nSPS) is 12.2. The molecule has 34 heavy (non-hydrogen) atoms. The van der Waals surface area contributed by atoms with Crippen LogP contribution in [-0.4, -0.2) is 28.0 Å². The lowest BCUT2D eigenvalue weighted by Gasteiger charge is -2.27. The predicted molar refractivity (Wildman–Crippen MR) is 136 cm³/mol. The second kappa shape index (κ2) is 10.3. The molecule has 0 spiro atoms. The van der Waals surface area contributed by atoms with Crippen LogP contribution in [0.3, 0.4) is 0 Å². The van der Waals surface area contributed by atoms with E-state index in [1.54, 1.807) is 36.4 Å². The van der Waals surface area contributed by atoms with Crippen molar-refractivity contribution in [3.05, 3.63) is 88.5 Å². The van der Waals surface area contributed by atoms with E-state index in [1.807, 2.05) is 52.8 Å². The molecule has 3 rings (SSSR count). The Hall–Kier alpha value is -3.32. The van der Waals surface area contributed by atoms with Crippen LogP contribution < -0.4 is 14.4 Å². The highest BCUT2D eigenvalue weighted by molar-refractivity contribution is 7.92. The van der Waals surface area contributed by atoms with Crippen molar-refractivity contribution in [2.24, 2.45) is 0 Å². The van der Waals surface area contributed by atoms with Gasteiger partial charge in [-0.2, -0.15) is 0 Å². The Morgan fingerprint density at radius 1 is 0.912 bits per heavy atom. The molecule has 0 radical (unpaired) electrons. The number of anilines is 1. The number of amides is 1. The van der Waals surface area contributed by atoms with Gasteiger partial charge < -0.3 is 10.1 Å². The lowest BCUT2D eigenvalue weighted by molar-refractivity contribution is -0.120. The first-order chi connectivity index (χ1) is 16.0. The van der Waals surface area contributed by atoms with Gasteiger partial charge in [0.25, 0.3) is 10.0 Å². The van der Waals surface area contributed by atoms with E-state index in [4.69, 9.17) is 4.74 Å². The molecule has 0 bridgehead atoms. The largest absolute Gasteiger partial charge is 0.495 e. The summed E-state index contributed by atoms with van der Waals surface area (Å²) in [4.78, 5) is 13.3. The number of hydrogen-bond donors (Lipinski definition) is 1. The van der Waals surface area contributed by atoms with E-state index in [-0.39, 0.29) is 17.5 Å². The SMILES string of the molecule is COc1ccc(C)cc1N(CC(=O)N[C@@H](C)c1ccc(C)cc1C)S(=O)(=O)c1ccc(C)cc1. The standard InChI is InChI=1S/C27H32N2O4S/c1-18-7-11-23(12-8-18)34(31,32)29(25-16-20(3)10-14-26(25)33-6)17-27(30)28-22(5)24-13-9-19(2)15-21(24)4/h7-16,22H,17H2,1-6H3,(H,28,30)/t22-/m0/s1. The molecule has 6 nitrogen and oxygen atoms in total. The smallest absolute Gasteiger partial charge is 0.264 e. The maximum Gasteiger partial charge on any atom is 0.264 e. The first-order valence-electron chi connectivity index (χ1n) is 11.1. The Labute approximate surface area is 202 Å². The number of sulfonamides is 1. The lowest BCUT2D eigenvalue weighted by Crippen LogP contribution is -2.41. The van der Waals surface area contributed by atoms with Gasteiger partial charge in [0.15, 0.2) is 0 Å². The maximum absolute atomic E-state index is 13.7. The molecule has 0 fully saturated rings. The number of benzene rings is 3. The molecule has 0 aliphatic carbocycles. The highest BCUT2D eigenvalue weighted by Gasteiger charge is 2.30. The zero-order valence-electron chi connectivity index (χ0n) is 20.5. The Morgan fingerprint density at radius 2 is 1.50 bits per heavy atom. The van der Waals surface area contributed by atoms with Gasteiger partial charge in [0.05, 0.1) is 23.7 Å². The number of rotatable bonds is 8. The Morgan fingerprint density at radius 3 is 2.12 bits per heavy atom. The zero-order valence-corrected chi connectivity index (χ0v) is 21.4. The molecule has 1 atom stereocenters. The van der Waals surface area contributed by atoms with Crippen molar-refractivity contribution in [1.82, 2.24) is 5.32 Å². The molecular formula is C27H32N2O4S. The van der Waals surface area contributed by atoms with Gasteiger partial charge in [-0.1, -0.05) is 47.5 Å². The fourth-order valence-electron chi connectivity index (χ4n) is 3.94. The molecule has 0 saturated carbocycles. The second-order valence-electron chi connectivity index (χ2n) is 8.65. The molecule has 7 heteroatoms. The van der Waals surface area contributed by atoms with Gasteiger partial charge >= 0.3 is 0 Å². The summed E-state index contributed by atoms with van der Waals surface area (Å²) in [5, 5.41) is 2.96. The topological polar surface area (TPSA) is 75.7 Å². The van der Waals surface area contributed by atoms with Gasteiger partial charge in [-0.25, -0.2) is 8.42 Å². The quantitative estimate of drug-likeness (QED) is 0.492. The van der Waals surface area contributed by atoms with Gasteiger partial charge in [0, 0.05) is 0 Å². The third kappa shape index (κ3) is 5.59. The Bertz CT molecular complexity index is 1280. The zero-order chi connectivity index (χ0) is 25.0. The van der Waals surface area contributed by atoms with Crippen molar-refractivity contribution in [3.8, 4) is 5.75 Å². The number of carbonyl (C=O) groups excluding carboxylic acids is 1. The highest BCUT2D eigenvalue weighted by Crippen LogP contribution is 2.33. The summed E-state index contributed by atoms with van der Waals surface area (Å²) < 4.78 is 34.0. The summed E-state index contributed by atoms with van der Waals surface area (Å²) in [5.41, 5.74) is 5.30. The van der Waals surface area contributed by atoms with Crippen molar-refractivity contribution < 1.29 is 17.9 Å². The molecule has 0 aromatic heterocycles. The van der Waals surface area contributed by atoms with Gasteiger partial charge in [0.2, 0.25) is 5.91 Å². The number of ether oxygens (including phenoxy) is 1. The average Bonchev–Trinajstić information content (AvgIpc) is 2.77. The lowest BCUT2D eigenvalue weighted by atomic mass is 10.0. The summed E-state index contributed by atoms with van der Waals surface area (Å²) in [6.45, 7) is 9.27. The first kappa shape index (κ1) is 25.3. The summed E-state index contributed by atoms with van der Waals surface area (Å²) in [6.07, 6.45) is 0. The molecule has 0 saturated heterocycles. The summed E-state index contributed by atoms with van der Waals surface area (Å²) >= 11 is 0. The molecule has 3 aromatic carbocycles. The molecule has 180 valence electrons. The van der Waals surface area contributed by atoms with E-state index in [9.17, 15) is 13.2 Å². The minimum Gasteiger partial charge on any atom is -0.495 e. The van der Waals surface area contributed by atoms with Crippen LogP contribution >= 0.6 is 0 Å². The fraction of sp³-hybridized carbons (Fsp3) is 0.296. The number of aryl methyl sites for hydroxylation is 4. The molecule has 3 aromatic rings. The molecule has 0 aliphatic heterocycles. The van der Waals surface area contributed by atoms with Gasteiger partial charge in [-0.05, 0) is 75.6 Å². The van der Waals surface area contributed by atoms with E-state index in [0.29, 0.717) is 11.4 Å². The maximum atomic E-state index is 13.7. The van der Waals surface area contributed by atoms with Crippen LogP contribution in [0, 0.1) is 27.7 Å². The molecule has 1 amide bonds. The number of carbonyl (C=O) groups is 1. The summed E-state index contributed by atoms with van der Waals surface area (Å²) in [7, 11) is -2.56. The van der Waals surface area contributed by atoms with Crippen molar-refractivity contribution in [3.63, 3.8) is 0 Å². The van der Waals surface area contributed by atoms with Gasteiger partial charge in [-0.3, -0.25) is 9.10 Å². The van der Waals surface area contributed by atoms with E-state index in [0.717, 1.165) is 32.1 Å². The number of nitrogens with one attached hydrogen (secondary N) is 1. The number of nitrogens with zero attached hydrogens (tertiary/aromatic N) is 1. The van der Waals surface area contributed by atoms with E-state index < -0.39 is 15.9 Å². The second-order valence-corrected chi connectivity index (χ2v) is 10.5. The van der Waals surface area contributed by atoms with Gasteiger partial charge in [0.1, 0.15) is 12.3 Å². The fourth-order valence-corrected chi connectivity index (χ4v) is 5.36. The molecule has 0 unspecified atom stereocenters. The molecule has 0 heterocycles. The van der Waals surface area contributed by atoms with Crippen LogP contribution in [0.15, 0.2) is 65.6 Å². The van der Waals surface area contributed by atoms with Crippen LogP contribution in [-0.2, 0) is 14.8 Å². The van der Waals surface area contributed by atoms with Crippen LogP contribution in [0.4, 0.5) is 5.69 Å². The highest BCUT2D eigenvalue weighted by atomic mass is 32.2. The van der Waals surface area contributed by atoms with Crippen molar-refractivity contribution in [1.29, 1.82) is 0 Å². The van der Waals surface area contributed by atoms with Gasteiger partial charge in [-0.15, -0.1) is 0 Å². The first-order valence-corrected chi connectivity index (χ1v) is 12.6. The molecular weight excluding hydrogens is 448 g/mol. The van der Waals surface area contributed by atoms with Crippen LogP contribution in [0.2, 0.25) is 0 Å². The predicted octanol–water partition coefficient (Wildman–Crippen LogP) is 5.00. The minimum atomic E-state index is -4.04. The van der Waals surface area contributed by atoms with Crippen molar-refractivity contribution in [2.45, 2.75) is 45.6 Å². The van der Waals surface area contributed by atoms with Crippen molar-refractivity contribution in [2.75, 3.05) is 18.0 Å². The molecule has 1 N–H and O–H groups in total. The molecule has 0 aliphatic rings. The number of methoxy groups -OCH3 is 1. The van der Waals surface area contributed by atoms with Crippen molar-refractivity contribution >= 4 is 21.6 Å². The Kier molecular flexibility index (Phi) is 7.67. The third-order valence-electron chi connectivity index (χ3n) is 5.77. The average molecular weight is 481 g/mol. The minimum absolute atomic E-state index is 0.108. The summed E-state index contributed by atoms with van der Waals surface area (Å²) in [5.74, 6) is -0.0387. The van der Waals surface area contributed by atoms with Crippen LogP contribution in [0.1, 0.15) is 40.8 Å². The third-order valence-corrected chi connectivity index (χ3v) is 7.54. The van der Waals surface area contributed by atoms with E-state index in [2.05, 4.69) is 11.4 Å². The Balaban J connectivity index is 1.98. The van der Waals surface area contributed by atoms with E-state index in [1.165, 1.54) is 7.11 Å². The monoisotopic (exact) mass is 480 g/mol. The summed E-state index contributed by atoms with van der Waals surface area (Å²) in [6, 6.07) is 17.6. The van der Waals surface area contributed by atoms with Crippen LogP contribution in [0.25, 0.3) is 0 Å². The van der Waals surface area contributed by atoms with Crippen LogP contribution in [0.5, 0.6) is 5.75 Å². The number of hydrogen-bond acceptors (Lipinski definition) is 4. The van der Waals surface area contributed by atoms with E-state index >= 15 is 0 Å².